The highest BCUT2D eigenvalue weighted by Crippen LogP contribution is 2.33. The molecular formula is C30H25ClN4O4S3. The van der Waals surface area contributed by atoms with Gasteiger partial charge < -0.3 is 10.1 Å². The van der Waals surface area contributed by atoms with Crippen molar-refractivity contribution in [3.63, 3.8) is 0 Å². The van der Waals surface area contributed by atoms with Gasteiger partial charge in [-0.3, -0.25) is 23.9 Å². The molecule has 0 spiro atoms. The molecule has 2 amide bonds. The zero-order chi connectivity index (χ0) is 29.6. The number of fused-ring (bicyclic) bond motifs is 1. The summed E-state index contributed by atoms with van der Waals surface area (Å²) in [4.78, 5) is 45.8. The lowest BCUT2D eigenvalue weighted by molar-refractivity contribution is -0.122. The highest BCUT2D eigenvalue weighted by Gasteiger charge is 2.32. The SMILES string of the molecule is CCOc1ccc(NC(=O)CSc2nc3ccccc3n2C(=O)CCN2C(=O)C(=Cc3ccc(Cl)cc3)SC2=S)cc1. The van der Waals surface area contributed by atoms with Crippen molar-refractivity contribution in [2.75, 3.05) is 24.2 Å². The number of thioether (sulfide) groups is 2. The van der Waals surface area contributed by atoms with E-state index in [9.17, 15) is 14.4 Å². The normalized spacial score (nSPS) is 14.1. The van der Waals surface area contributed by atoms with Gasteiger partial charge in [0.05, 0.1) is 28.3 Å². The Morgan fingerprint density at radius 3 is 2.57 bits per heavy atom. The molecule has 12 heteroatoms. The number of nitrogens with zero attached hydrogens (tertiary/aromatic N) is 3. The first-order valence-electron chi connectivity index (χ1n) is 13.0. The van der Waals surface area contributed by atoms with Gasteiger partial charge in [0.15, 0.2) is 5.16 Å². The lowest BCUT2D eigenvalue weighted by Crippen LogP contribution is -2.31. The number of para-hydroxylation sites is 2. The van der Waals surface area contributed by atoms with E-state index in [-0.39, 0.29) is 36.4 Å². The number of nitrogens with one attached hydrogen (secondary N) is 1. The van der Waals surface area contributed by atoms with Crippen LogP contribution in [0.1, 0.15) is 23.7 Å². The summed E-state index contributed by atoms with van der Waals surface area (Å²) in [5, 5.41) is 3.86. The van der Waals surface area contributed by atoms with Crippen LogP contribution in [-0.4, -0.2) is 55.4 Å². The molecule has 1 aromatic heterocycles. The van der Waals surface area contributed by atoms with Crippen LogP contribution in [0.15, 0.2) is 82.9 Å². The van der Waals surface area contributed by atoms with E-state index in [2.05, 4.69) is 10.3 Å². The number of carbonyl (C=O) groups is 3. The van der Waals surface area contributed by atoms with Crippen LogP contribution in [0.2, 0.25) is 5.02 Å². The molecule has 8 nitrogen and oxygen atoms in total. The molecule has 0 unspecified atom stereocenters. The fourth-order valence-corrected chi connectivity index (χ4v) is 6.45. The van der Waals surface area contributed by atoms with Crippen LogP contribution in [0, 0.1) is 0 Å². The summed E-state index contributed by atoms with van der Waals surface area (Å²) >= 11 is 13.8. The van der Waals surface area contributed by atoms with Gasteiger partial charge in [-0.1, -0.05) is 71.6 Å². The van der Waals surface area contributed by atoms with Crippen LogP contribution in [0.25, 0.3) is 17.1 Å². The molecule has 42 heavy (non-hydrogen) atoms. The number of aromatic nitrogens is 2. The molecule has 4 aromatic rings. The summed E-state index contributed by atoms with van der Waals surface area (Å²) in [7, 11) is 0. The monoisotopic (exact) mass is 636 g/mol. The van der Waals surface area contributed by atoms with Gasteiger partial charge >= 0.3 is 0 Å². The van der Waals surface area contributed by atoms with Crippen LogP contribution in [0.5, 0.6) is 5.75 Å². The second kappa shape index (κ2) is 13.6. The van der Waals surface area contributed by atoms with E-state index in [1.165, 1.54) is 33.0 Å². The topological polar surface area (TPSA) is 93.5 Å². The minimum atomic E-state index is -0.256. The Morgan fingerprint density at radius 1 is 1.10 bits per heavy atom. The number of anilines is 1. The molecule has 0 saturated carbocycles. The number of hydrogen-bond donors (Lipinski definition) is 1. The zero-order valence-corrected chi connectivity index (χ0v) is 25.6. The van der Waals surface area contributed by atoms with Gasteiger partial charge in [0.25, 0.3) is 5.91 Å². The molecule has 1 aliphatic rings. The van der Waals surface area contributed by atoms with E-state index in [1.807, 2.05) is 37.3 Å². The highest BCUT2D eigenvalue weighted by atomic mass is 35.5. The molecule has 1 saturated heterocycles. The van der Waals surface area contributed by atoms with Gasteiger partial charge in [-0.2, -0.15) is 0 Å². The van der Waals surface area contributed by atoms with Crippen LogP contribution >= 0.6 is 47.3 Å². The smallest absolute Gasteiger partial charge is 0.266 e. The molecule has 3 aromatic carbocycles. The van der Waals surface area contributed by atoms with Gasteiger partial charge in [-0.15, -0.1) is 0 Å². The van der Waals surface area contributed by atoms with Gasteiger partial charge in [0.2, 0.25) is 11.8 Å². The van der Waals surface area contributed by atoms with Crippen molar-refractivity contribution in [1.82, 2.24) is 14.5 Å². The average molecular weight is 637 g/mol. The number of halogens is 1. The predicted molar refractivity (Wildman–Crippen MR) is 173 cm³/mol. The maximum atomic E-state index is 13.5. The van der Waals surface area contributed by atoms with Crippen LogP contribution in [0.4, 0.5) is 5.69 Å². The highest BCUT2D eigenvalue weighted by molar-refractivity contribution is 8.26. The van der Waals surface area contributed by atoms with E-state index < -0.39 is 0 Å². The number of hydrogen-bond acceptors (Lipinski definition) is 8. The van der Waals surface area contributed by atoms with Crippen LogP contribution in [0.3, 0.4) is 0 Å². The molecule has 0 bridgehead atoms. The standard InChI is InChI=1S/C30H25ClN4O4S3/c1-2-39-22-13-11-21(12-14-22)32-26(36)18-41-29-33-23-5-3-4-6-24(23)35(29)27(37)15-16-34-28(38)25(42-30(34)40)17-19-7-9-20(31)10-8-19/h3-14,17H,2,15-16,18H2,1H3,(H,32,36). The number of benzene rings is 3. The van der Waals surface area contributed by atoms with Gasteiger partial charge in [0.1, 0.15) is 10.1 Å². The first-order chi connectivity index (χ1) is 20.3. The molecule has 1 fully saturated rings. The Hall–Kier alpha value is -3.64. The maximum Gasteiger partial charge on any atom is 0.266 e. The first-order valence-corrected chi connectivity index (χ1v) is 15.6. The summed E-state index contributed by atoms with van der Waals surface area (Å²) in [5.74, 6) is 0.0346. The summed E-state index contributed by atoms with van der Waals surface area (Å²) in [6.07, 6.45) is 1.78. The van der Waals surface area contributed by atoms with Gasteiger partial charge in [-0.25, -0.2) is 4.98 Å². The fraction of sp³-hybridized carbons (Fsp3) is 0.167. The minimum Gasteiger partial charge on any atom is -0.494 e. The Labute approximate surface area is 261 Å². The van der Waals surface area contributed by atoms with Crippen molar-refractivity contribution in [3.8, 4) is 5.75 Å². The van der Waals surface area contributed by atoms with E-state index in [0.717, 1.165) is 11.3 Å². The van der Waals surface area contributed by atoms with Crippen molar-refractivity contribution in [1.29, 1.82) is 0 Å². The molecule has 2 heterocycles. The first kappa shape index (κ1) is 29.8. The second-order valence-electron chi connectivity index (χ2n) is 9.04. The third-order valence-electron chi connectivity index (χ3n) is 6.15. The van der Waals surface area contributed by atoms with E-state index >= 15 is 0 Å². The molecule has 0 atom stereocenters. The van der Waals surface area contributed by atoms with Crippen molar-refractivity contribution in [2.24, 2.45) is 0 Å². The van der Waals surface area contributed by atoms with Crippen molar-refractivity contribution in [3.05, 3.63) is 88.3 Å². The van der Waals surface area contributed by atoms with Crippen molar-refractivity contribution < 1.29 is 19.1 Å². The van der Waals surface area contributed by atoms with Gasteiger partial charge in [-0.05, 0) is 67.1 Å². The minimum absolute atomic E-state index is 0.0208. The molecule has 0 radical (unpaired) electrons. The number of carbonyl (C=O) groups excluding carboxylic acids is 3. The number of ether oxygens (including phenoxy) is 1. The third kappa shape index (κ3) is 7.04. The van der Waals surface area contributed by atoms with Gasteiger partial charge in [0, 0.05) is 23.7 Å². The maximum absolute atomic E-state index is 13.5. The number of amides is 2. The Morgan fingerprint density at radius 2 is 1.83 bits per heavy atom. The summed E-state index contributed by atoms with van der Waals surface area (Å²) in [5.41, 5.74) is 2.73. The average Bonchev–Trinajstić information content (AvgIpc) is 3.49. The number of thiocarbonyl (C=S) groups is 1. The summed E-state index contributed by atoms with van der Waals surface area (Å²) in [6, 6.07) is 21.5. The number of imidazole rings is 1. The van der Waals surface area contributed by atoms with E-state index in [0.29, 0.717) is 42.7 Å². The molecular weight excluding hydrogens is 612 g/mol. The molecule has 1 aliphatic heterocycles. The van der Waals surface area contributed by atoms with Crippen molar-refractivity contribution >= 4 is 92.2 Å². The largest absolute Gasteiger partial charge is 0.494 e. The lowest BCUT2D eigenvalue weighted by Gasteiger charge is -2.15. The zero-order valence-electron chi connectivity index (χ0n) is 22.4. The predicted octanol–water partition coefficient (Wildman–Crippen LogP) is 6.75. The molecule has 0 aliphatic carbocycles. The Balaban J connectivity index is 1.25. The van der Waals surface area contributed by atoms with Crippen LogP contribution in [-0.2, 0) is 9.59 Å². The second-order valence-corrected chi connectivity index (χ2v) is 12.1. The summed E-state index contributed by atoms with van der Waals surface area (Å²) in [6.45, 7) is 2.59. The Kier molecular flexibility index (Phi) is 9.63. The lowest BCUT2D eigenvalue weighted by atomic mass is 10.2. The molecule has 5 rings (SSSR count). The van der Waals surface area contributed by atoms with Crippen LogP contribution < -0.4 is 10.1 Å². The van der Waals surface area contributed by atoms with E-state index in [4.69, 9.17) is 28.6 Å². The summed E-state index contributed by atoms with van der Waals surface area (Å²) < 4.78 is 7.33. The van der Waals surface area contributed by atoms with Crippen molar-refractivity contribution in [2.45, 2.75) is 18.5 Å². The quantitative estimate of drug-likeness (QED) is 0.116. The Bertz CT molecular complexity index is 1690. The molecule has 214 valence electrons. The molecule has 1 N–H and O–H groups in total. The number of rotatable bonds is 10. The van der Waals surface area contributed by atoms with E-state index in [1.54, 1.807) is 48.5 Å². The third-order valence-corrected chi connectivity index (χ3v) is 8.72. The fourth-order valence-electron chi connectivity index (χ4n) is 4.19.